The van der Waals surface area contributed by atoms with Gasteiger partial charge in [-0.25, -0.2) is 14.4 Å². The summed E-state index contributed by atoms with van der Waals surface area (Å²) >= 11 is 0. The van der Waals surface area contributed by atoms with E-state index in [1.807, 2.05) is 30.3 Å². The van der Waals surface area contributed by atoms with Gasteiger partial charge in [-0.1, -0.05) is 30.3 Å². The molecular weight excluding hydrogens is 309 g/mol. The summed E-state index contributed by atoms with van der Waals surface area (Å²) in [5, 5.41) is 0.355. The van der Waals surface area contributed by atoms with Gasteiger partial charge in [0, 0.05) is 11.6 Å². The SMILES string of the molecule is O=c1c2ccc(F)cc2ncn1Cc1ncc(-c2ccccc2)o1. The Morgan fingerprint density at radius 2 is 1.92 bits per heavy atom. The topological polar surface area (TPSA) is 60.9 Å². The van der Waals surface area contributed by atoms with Gasteiger partial charge >= 0.3 is 0 Å². The van der Waals surface area contributed by atoms with Crippen molar-refractivity contribution in [3.8, 4) is 11.3 Å². The Morgan fingerprint density at radius 1 is 1.08 bits per heavy atom. The van der Waals surface area contributed by atoms with E-state index in [1.165, 1.54) is 29.1 Å². The van der Waals surface area contributed by atoms with Crippen LogP contribution in [0, 0.1) is 5.82 Å². The first kappa shape index (κ1) is 14.3. The molecule has 0 aliphatic rings. The van der Waals surface area contributed by atoms with E-state index < -0.39 is 5.82 Å². The zero-order valence-electron chi connectivity index (χ0n) is 12.5. The number of fused-ring (bicyclic) bond motifs is 1. The highest BCUT2D eigenvalue weighted by Crippen LogP contribution is 2.20. The third kappa shape index (κ3) is 2.58. The number of oxazole rings is 1. The van der Waals surface area contributed by atoms with Crippen molar-refractivity contribution in [2.45, 2.75) is 6.54 Å². The maximum absolute atomic E-state index is 13.2. The standard InChI is InChI=1S/C18H12FN3O2/c19-13-6-7-14-15(8-13)21-11-22(18(14)23)10-17-20-9-16(24-17)12-4-2-1-3-5-12/h1-9,11H,10H2. The molecule has 24 heavy (non-hydrogen) atoms. The van der Waals surface area contributed by atoms with Gasteiger partial charge < -0.3 is 4.42 Å². The van der Waals surface area contributed by atoms with Crippen LogP contribution in [-0.2, 0) is 6.54 Å². The normalized spacial score (nSPS) is 11.0. The zero-order valence-corrected chi connectivity index (χ0v) is 12.5. The summed E-state index contributed by atoms with van der Waals surface area (Å²) in [6.07, 6.45) is 3.00. The maximum atomic E-state index is 13.2. The van der Waals surface area contributed by atoms with E-state index in [0.29, 0.717) is 22.6 Å². The van der Waals surface area contributed by atoms with Crippen LogP contribution in [0.2, 0.25) is 0 Å². The Bertz CT molecular complexity index is 1070. The van der Waals surface area contributed by atoms with Gasteiger partial charge in [0.25, 0.3) is 5.56 Å². The zero-order chi connectivity index (χ0) is 16.5. The highest BCUT2D eigenvalue weighted by atomic mass is 19.1. The fraction of sp³-hybridized carbons (Fsp3) is 0.0556. The minimum Gasteiger partial charge on any atom is -0.439 e. The average molecular weight is 321 g/mol. The molecule has 0 bridgehead atoms. The highest BCUT2D eigenvalue weighted by molar-refractivity contribution is 5.77. The molecule has 2 aromatic carbocycles. The van der Waals surface area contributed by atoms with Crippen molar-refractivity contribution in [1.82, 2.24) is 14.5 Å². The number of hydrogen-bond donors (Lipinski definition) is 0. The van der Waals surface area contributed by atoms with Crippen LogP contribution in [0.25, 0.3) is 22.2 Å². The van der Waals surface area contributed by atoms with Gasteiger partial charge in [-0.3, -0.25) is 9.36 Å². The first-order valence-electron chi connectivity index (χ1n) is 7.35. The van der Waals surface area contributed by atoms with Gasteiger partial charge in [0.15, 0.2) is 5.76 Å². The van der Waals surface area contributed by atoms with E-state index in [2.05, 4.69) is 9.97 Å². The number of halogens is 1. The Kier molecular flexibility index (Phi) is 3.42. The Labute approximate surface area is 136 Å². The van der Waals surface area contributed by atoms with E-state index in [0.717, 1.165) is 5.56 Å². The molecule has 0 unspecified atom stereocenters. The predicted molar refractivity (Wildman–Crippen MR) is 87.0 cm³/mol. The summed E-state index contributed by atoms with van der Waals surface area (Å²) in [5.74, 6) is 0.612. The van der Waals surface area contributed by atoms with E-state index in [-0.39, 0.29) is 12.1 Å². The third-order valence-corrected chi connectivity index (χ3v) is 3.70. The van der Waals surface area contributed by atoms with Crippen molar-refractivity contribution in [2.75, 3.05) is 0 Å². The van der Waals surface area contributed by atoms with E-state index in [4.69, 9.17) is 4.42 Å². The van der Waals surface area contributed by atoms with Gasteiger partial charge in [-0.05, 0) is 12.1 Å². The first-order chi connectivity index (χ1) is 11.7. The van der Waals surface area contributed by atoms with Gasteiger partial charge in [0.1, 0.15) is 12.4 Å². The second-order valence-electron chi connectivity index (χ2n) is 5.32. The lowest BCUT2D eigenvalue weighted by Gasteiger charge is -2.04. The Balaban J connectivity index is 1.68. The van der Waals surface area contributed by atoms with Gasteiger partial charge in [-0.2, -0.15) is 0 Å². The number of benzene rings is 2. The predicted octanol–water partition coefficient (Wildman–Crippen LogP) is 3.24. The summed E-state index contributed by atoms with van der Waals surface area (Å²) in [6.45, 7) is 0.159. The van der Waals surface area contributed by atoms with Crippen molar-refractivity contribution in [3.05, 3.63) is 83.1 Å². The molecule has 118 valence electrons. The van der Waals surface area contributed by atoms with Gasteiger partial charge in [0.2, 0.25) is 5.89 Å². The molecule has 0 spiro atoms. The fourth-order valence-electron chi connectivity index (χ4n) is 2.51. The molecule has 6 heteroatoms. The number of aromatic nitrogens is 3. The molecule has 0 aliphatic carbocycles. The van der Waals surface area contributed by atoms with Crippen molar-refractivity contribution >= 4 is 10.9 Å². The minimum absolute atomic E-state index is 0.159. The van der Waals surface area contributed by atoms with Crippen LogP contribution in [0.3, 0.4) is 0 Å². The molecule has 0 N–H and O–H groups in total. The summed E-state index contributed by atoms with van der Waals surface area (Å²) in [5.41, 5.74) is 0.976. The lowest BCUT2D eigenvalue weighted by atomic mass is 10.2. The molecule has 4 rings (SSSR count). The molecule has 0 amide bonds. The molecule has 0 radical (unpaired) electrons. The lowest BCUT2D eigenvalue weighted by molar-refractivity contribution is 0.484. The van der Waals surface area contributed by atoms with Crippen molar-refractivity contribution in [3.63, 3.8) is 0 Å². The summed E-state index contributed by atoms with van der Waals surface area (Å²) < 4.78 is 20.3. The Morgan fingerprint density at radius 3 is 2.75 bits per heavy atom. The quantitative estimate of drug-likeness (QED) is 0.581. The molecule has 0 atom stereocenters. The molecule has 2 heterocycles. The minimum atomic E-state index is -0.424. The molecular formula is C18H12FN3O2. The second kappa shape index (κ2) is 5.73. The van der Waals surface area contributed by atoms with Crippen LogP contribution in [0.5, 0.6) is 0 Å². The van der Waals surface area contributed by atoms with E-state index in [9.17, 15) is 9.18 Å². The van der Waals surface area contributed by atoms with Gasteiger partial charge in [0.05, 0.1) is 23.4 Å². The number of rotatable bonds is 3. The molecule has 5 nitrogen and oxygen atoms in total. The van der Waals surface area contributed by atoms with Crippen molar-refractivity contribution in [1.29, 1.82) is 0 Å². The molecule has 0 saturated heterocycles. The van der Waals surface area contributed by atoms with E-state index >= 15 is 0 Å². The Hall–Kier alpha value is -3.28. The molecule has 0 saturated carbocycles. The average Bonchev–Trinajstić information content (AvgIpc) is 3.07. The van der Waals surface area contributed by atoms with Crippen molar-refractivity contribution < 1.29 is 8.81 Å². The lowest BCUT2D eigenvalue weighted by Crippen LogP contribution is -2.21. The van der Waals surface area contributed by atoms with Crippen LogP contribution < -0.4 is 5.56 Å². The molecule has 0 fully saturated rings. The number of hydrogen-bond acceptors (Lipinski definition) is 4. The first-order valence-corrected chi connectivity index (χ1v) is 7.35. The van der Waals surface area contributed by atoms with Crippen molar-refractivity contribution in [2.24, 2.45) is 0 Å². The van der Waals surface area contributed by atoms with Crippen LogP contribution in [0.1, 0.15) is 5.89 Å². The van der Waals surface area contributed by atoms with Crippen LogP contribution in [0.4, 0.5) is 4.39 Å². The molecule has 0 aliphatic heterocycles. The molecule has 4 aromatic rings. The van der Waals surface area contributed by atoms with Crippen LogP contribution >= 0.6 is 0 Å². The number of nitrogens with zero attached hydrogens (tertiary/aromatic N) is 3. The second-order valence-corrected chi connectivity index (χ2v) is 5.32. The van der Waals surface area contributed by atoms with Crippen LogP contribution in [-0.4, -0.2) is 14.5 Å². The largest absolute Gasteiger partial charge is 0.439 e. The maximum Gasteiger partial charge on any atom is 0.261 e. The van der Waals surface area contributed by atoms with Gasteiger partial charge in [-0.15, -0.1) is 0 Å². The molecule has 2 aromatic heterocycles. The van der Waals surface area contributed by atoms with Crippen LogP contribution in [0.15, 0.2) is 70.3 Å². The summed E-state index contributed by atoms with van der Waals surface area (Å²) in [4.78, 5) is 20.8. The highest BCUT2D eigenvalue weighted by Gasteiger charge is 2.10. The summed E-state index contributed by atoms with van der Waals surface area (Å²) in [6, 6.07) is 13.5. The fourth-order valence-corrected chi connectivity index (χ4v) is 2.51. The summed E-state index contributed by atoms with van der Waals surface area (Å²) in [7, 11) is 0. The smallest absolute Gasteiger partial charge is 0.261 e. The van der Waals surface area contributed by atoms with E-state index in [1.54, 1.807) is 6.20 Å². The monoisotopic (exact) mass is 321 g/mol. The third-order valence-electron chi connectivity index (χ3n) is 3.70.